The molecule has 2 aromatic heterocycles. The lowest BCUT2D eigenvalue weighted by atomic mass is 9.97. The molecule has 2 heterocycles. The number of fused-ring (bicyclic) bond motifs is 3. The molecule has 140 valence electrons. The minimum Gasteiger partial charge on any atom is -0.355 e. The van der Waals surface area contributed by atoms with Crippen molar-refractivity contribution in [3.05, 3.63) is 27.1 Å². The molecule has 1 aliphatic rings. The average molecular weight is 376 g/mol. The first kappa shape index (κ1) is 18.6. The summed E-state index contributed by atoms with van der Waals surface area (Å²) in [6, 6.07) is 0. The van der Waals surface area contributed by atoms with Gasteiger partial charge >= 0.3 is 0 Å². The maximum Gasteiger partial charge on any atom is 0.262 e. The number of carbonyl (C=O) groups excluding carboxylic acids is 2. The predicted molar refractivity (Wildman–Crippen MR) is 101 cm³/mol. The van der Waals surface area contributed by atoms with Gasteiger partial charge in [0.05, 0.1) is 18.3 Å². The highest BCUT2D eigenvalue weighted by atomic mass is 32.1. The van der Waals surface area contributed by atoms with Crippen LogP contribution in [0.2, 0.25) is 0 Å². The zero-order chi connectivity index (χ0) is 18.5. The number of amides is 2. The van der Waals surface area contributed by atoms with E-state index in [4.69, 9.17) is 0 Å². The van der Waals surface area contributed by atoms with Gasteiger partial charge in [0.1, 0.15) is 4.83 Å². The Balaban J connectivity index is 1.62. The van der Waals surface area contributed by atoms with Crippen molar-refractivity contribution in [1.82, 2.24) is 20.2 Å². The minimum atomic E-state index is -0.254. The summed E-state index contributed by atoms with van der Waals surface area (Å²) >= 11 is 1.62. The van der Waals surface area contributed by atoms with Crippen molar-refractivity contribution < 1.29 is 9.59 Å². The maximum absolute atomic E-state index is 12.8. The summed E-state index contributed by atoms with van der Waals surface area (Å²) in [5.74, 6) is -0.457. The fourth-order valence-corrected chi connectivity index (χ4v) is 4.38. The molecule has 0 atom stereocenters. The van der Waals surface area contributed by atoms with Crippen molar-refractivity contribution in [1.29, 1.82) is 0 Å². The number of hydrogen-bond acceptors (Lipinski definition) is 5. The predicted octanol–water partition coefficient (Wildman–Crippen LogP) is 1.37. The van der Waals surface area contributed by atoms with Gasteiger partial charge in [0.15, 0.2) is 0 Å². The Morgan fingerprint density at radius 1 is 1.23 bits per heavy atom. The van der Waals surface area contributed by atoms with E-state index >= 15 is 0 Å². The third-order valence-corrected chi connectivity index (χ3v) is 5.74. The van der Waals surface area contributed by atoms with E-state index in [9.17, 15) is 14.4 Å². The van der Waals surface area contributed by atoms with Crippen LogP contribution in [-0.4, -0.2) is 34.5 Å². The van der Waals surface area contributed by atoms with Crippen LogP contribution in [0.15, 0.2) is 11.1 Å². The van der Waals surface area contributed by atoms with Gasteiger partial charge in [-0.2, -0.15) is 0 Å². The SMILES string of the molecule is CCCNC(=O)CNC(=O)CCn1cnc2sc3c(c2c1=O)CCCC3. The molecule has 2 amide bonds. The van der Waals surface area contributed by atoms with Crippen LogP contribution >= 0.6 is 11.3 Å². The second kappa shape index (κ2) is 8.44. The largest absolute Gasteiger partial charge is 0.355 e. The quantitative estimate of drug-likeness (QED) is 0.763. The molecular weight excluding hydrogens is 352 g/mol. The van der Waals surface area contributed by atoms with Crippen LogP contribution in [0.1, 0.15) is 43.0 Å². The van der Waals surface area contributed by atoms with Gasteiger partial charge in [-0.05, 0) is 37.7 Å². The molecule has 0 saturated carbocycles. The van der Waals surface area contributed by atoms with Crippen LogP contribution in [0.4, 0.5) is 0 Å². The molecule has 0 bridgehead atoms. The maximum atomic E-state index is 12.8. The molecule has 0 unspecified atom stereocenters. The van der Waals surface area contributed by atoms with Crippen LogP contribution in [0, 0.1) is 0 Å². The zero-order valence-corrected chi connectivity index (χ0v) is 15.8. The van der Waals surface area contributed by atoms with Crippen molar-refractivity contribution >= 4 is 33.4 Å². The van der Waals surface area contributed by atoms with Gasteiger partial charge in [-0.1, -0.05) is 6.92 Å². The van der Waals surface area contributed by atoms with Crippen molar-refractivity contribution in [2.24, 2.45) is 0 Å². The Kier molecular flexibility index (Phi) is 6.03. The van der Waals surface area contributed by atoms with E-state index < -0.39 is 0 Å². The topological polar surface area (TPSA) is 93.1 Å². The number of nitrogens with one attached hydrogen (secondary N) is 2. The fraction of sp³-hybridized carbons (Fsp3) is 0.556. The lowest BCUT2D eigenvalue weighted by Gasteiger charge is -2.10. The molecule has 2 N–H and O–H groups in total. The summed E-state index contributed by atoms with van der Waals surface area (Å²) < 4.78 is 1.50. The van der Waals surface area contributed by atoms with E-state index in [1.165, 1.54) is 22.2 Å². The van der Waals surface area contributed by atoms with Crippen molar-refractivity contribution in [3.63, 3.8) is 0 Å². The van der Waals surface area contributed by atoms with Gasteiger partial charge in [-0.25, -0.2) is 4.98 Å². The van der Waals surface area contributed by atoms with Crippen LogP contribution in [0.3, 0.4) is 0 Å². The van der Waals surface area contributed by atoms with Crippen LogP contribution in [0.5, 0.6) is 0 Å². The average Bonchev–Trinajstić information content (AvgIpc) is 3.03. The Labute approximate surface area is 155 Å². The second-order valence-electron chi connectivity index (χ2n) is 6.51. The smallest absolute Gasteiger partial charge is 0.262 e. The highest BCUT2D eigenvalue weighted by Gasteiger charge is 2.20. The summed E-state index contributed by atoms with van der Waals surface area (Å²) in [5.41, 5.74) is 1.09. The Morgan fingerprint density at radius 2 is 2.04 bits per heavy atom. The standard InChI is InChI=1S/C18H24N4O3S/c1-2-8-19-15(24)10-20-14(23)7-9-22-11-21-17-16(18(22)25)12-5-3-4-6-13(12)26-17/h11H,2-10H2,1H3,(H,19,24)(H,20,23). The molecule has 3 rings (SSSR count). The van der Waals surface area contributed by atoms with Gasteiger partial charge in [0.2, 0.25) is 11.8 Å². The molecule has 7 nitrogen and oxygen atoms in total. The first-order valence-corrected chi connectivity index (χ1v) is 9.95. The number of thiophene rings is 1. The van der Waals surface area contributed by atoms with Crippen molar-refractivity contribution in [2.45, 2.75) is 52.0 Å². The third-order valence-electron chi connectivity index (χ3n) is 4.54. The summed E-state index contributed by atoms with van der Waals surface area (Å²) in [4.78, 5) is 42.7. The van der Waals surface area contributed by atoms with E-state index in [1.807, 2.05) is 6.92 Å². The van der Waals surface area contributed by atoms with E-state index in [0.29, 0.717) is 6.54 Å². The fourth-order valence-electron chi connectivity index (χ4n) is 3.16. The molecule has 1 aliphatic carbocycles. The van der Waals surface area contributed by atoms with Gasteiger partial charge in [-0.15, -0.1) is 11.3 Å². The molecule has 8 heteroatoms. The third kappa shape index (κ3) is 4.12. The number of hydrogen-bond donors (Lipinski definition) is 2. The summed E-state index contributed by atoms with van der Waals surface area (Å²) in [7, 11) is 0. The molecule has 0 radical (unpaired) electrons. The number of rotatable bonds is 7. The summed E-state index contributed by atoms with van der Waals surface area (Å²) in [6.45, 7) is 2.78. The number of aromatic nitrogens is 2. The monoisotopic (exact) mass is 376 g/mol. The Morgan fingerprint density at radius 3 is 2.85 bits per heavy atom. The Hall–Kier alpha value is -2.22. The molecular formula is C18H24N4O3S. The number of carbonyl (C=O) groups is 2. The molecule has 26 heavy (non-hydrogen) atoms. The lowest BCUT2D eigenvalue weighted by molar-refractivity contribution is -0.126. The van der Waals surface area contributed by atoms with Crippen molar-refractivity contribution in [3.8, 4) is 0 Å². The number of nitrogens with zero attached hydrogens (tertiary/aromatic N) is 2. The van der Waals surface area contributed by atoms with Crippen LogP contribution < -0.4 is 16.2 Å². The highest BCUT2D eigenvalue weighted by Crippen LogP contribution is 2.33. The first-order chi connectivity index (χ1) is 12.6. The molecule has 0 saturated heterocycles. The van der Waals surface area contributed by atoms with E-state index in [1.54, 1.807) is 11.3 Å². The van der Waals surface area contributed by atoms with Gasteiger partial charge in [0, 0.05) is 24.4 Å². The molecule has 0 aliphatic heterocycles. The van der Waals surface area contributed by atoms with E-state index in [-0.39, 0.29) is 36.9 Å². The van der Waals surface area contributed by atoms with Gasteiger partial charge < -0.3 is 10.6 Å². The zero-order valence-electron chi connectivity index (χ0n) is 15.0. The van der Waals surface area contributed by atoms with E-state index in [2.05, 4.69) is 15.6 Å². The molecule has 0 fully saturated rings. The summed E-state index contributed by atoms with van der Waals surface area (Å²) in [6.07, 6.45) is 6.75. The second-order valence-corrected chi connectivity index (χ2v) is 7.59. The normalized spacial score (nSPS) is 13.4. The highest BCUT2D eigenvalue weighted by molar-refractivity contribution is 7.18. The molecule has 0 aromatic carbocycles. The molecule has 0 spiro atoms. The van der Waals surface area contributed by atoms with E-state index in [0.717, 1.165) is 41.5 Å². The van der Waals surface area contributed by atoms with Crippen LogP contribution in [0.25, 0.3) is 10.2 Å². The first-order valence-electron chi connectivity index (χ1n) is 9.13. The Bertz CT molecular complexity index is 871. The number of aryl methyl sites for hydroxylation is 3. The minimum absolute atomic E-state index is 0.0386. The van der Waals surface area contributed by atoms with Gasteiger partial charge in [-0.3, -0.25) is 19.0 Å². The summed E-state index contributed by atoms with van der Waals surface area (Å²) in [5, 5.41) is 6.01. The lowest BCUT2D eigenvalue weighted by Crippen LogP contribution is -2.37. The molecule has 2 aromatic rings. The van der Waals surface area contributed by atoms with Crippen LogP contribution in [-0.2, 0) is 29.0 Å². The van der Waals surface area contributed by atoms with Crippen molar-refractivity contribution in [2.75, 3.05) is 13.1 Å². The van der Waals surface area contributed by atoms with Gasteiger partial charge in [0.25, 0.3) is 5.56 Å².